The van der Waals surface area contributed by atoms with Gasteiger partial charge in [-0.15, -0.1) is 0 Å². The summed E-state index contributed by atoms with van der Waals surface area (Å²) in [7, 11) is 0. The number of hydrogen-bond acceptors (Lipinski definition) is 6. The number of carbonyl (C=O) groups excluding carboxylic acids is 1. The molecule has 6 heterocycles. The third kappa shape index (κ3) is 3.83. The number of rotatable bonds is 5. The van der Waals surface area contributed by atoms with E-state index in [0.29, 0.717) is 34.8 Å². The fourth-order valence-corrected chi connectivity index (χ4v) is 5.92. The van der Waals surface area contributed by atoms with E-state index < -0.39 is 11.5 Å². The van der Waals surface area contributed by atoms with E-state index in [4.69, 9.17) is 16.6 Å². The van der Waals surface area contributed by atoms with Crippen molar-refractivity contribution in [2.45, 2.75) is 45.3 Å². The minimum Gasteiger partial charge on any atom is -0.330 e. The molecule has 2 unspecified atom stereocenters. The average Bonchev–Trinajstić information content (AvgIpc) is 3.50. The topological polar surface area (TPSA) is 84.2 Å². The molecule has 8 nitrogen and oxygen atoms in total. The Balaban J connectivity index is 1.67. The number of anilines is 1. The number of fused-ring (bicyclic) bond motifs is 2. The second-order valence-electron chi connectivity index (χ2n) is 10.2. The van der Waals surface area contributed by atoms with Gasteiger partial charge in [0.15, 0.2) is 5.65 Å². The Bertz CT molecular complexity index is 1740. The molecule has 3 aromatic heterocycles. The molecule has 7 rings (SSSR count). The van der Waals surface area contributed by atoms with Gasteiger partial charge in [-0.2, -0.15) is 4.98 Å². The van der Waals surface area contributed by atoms with Crippen LogP contribution in [0.25, 0.3) is 28.0 Å². The largest absolute Gasteiger partial charge is 0.355 e. The van der Waals surface area contributed by atoms with E-state index in [9.17, 15) is 14.0 Å². The fourth-order valence-electron chi connectivity index (χ4n) is 5.66. The van der Waals surface area contributed by atoms with Crippen LogP contribution in [0, 0.1) is 12.7 Å². The SMILES string of the molecule is C=CC(=O)N1CC2CC1N2c1nc(=O)n(-c2c(C)ccnc2C(C)C)c2nc(-c3ccccc3F)c(Cl)cc12. The van der Waals surface area contributed by atoms with Crippen LogP contribution in [-0.2, 0) is 4.79 Å². The van der Waals surface area contributed by atoms with Crippen LogP contribution >= 0.6 is 11.6 Å². The zero-order chi connectivity index (χ0) is 27.6. The molecule has 2 atom stereocenters. The molecule has 0 spiro atoms. The highest BCUT2D eigenvalue weighted by Gasteiger charge is 2.52. The Morgan fingerprint density at radius 3 is 2.72 bits per heavy atom. The van der Waals surface area contributed by atoms with Gasteiger partial charge in [0.25, 0.3) is 0 Å². The Hall–Kier alpha value is -4.11. The van der Waals surface area contributed by atoms with Crippen molar-refractivity contribution in [2.75, 3.05) is 11.4 Å². The van der Waals surface area contributed by atoms with Gasteiger partial charge in [-0.1, -0.05) is 44.2 Å². The molecule has 39 heavy (non-hydrogen) atoms. The number of amides is 1. The quantitative estimate of drug-likeness (QED) is 0.329. The minimum atomic E-state index is -0.544. The smallest absolute Gasteiger partial charge is 0.330 e. The second kappa shape index (κ2) is 9.27. The molecule has 1 aromatic carbocycles. The van der Waals surface area contributed by atoms with E-state index in [1.807, 2.05) is 31.7 Å². The summed E-state index contributed by atoms with van der Waals surface area (Å²) in [5.41, 5.74) is 2.31. The lowest BCUT2D eigenvalue weighted by atomic mass is 10.0. The van der Waals surface area contributed by atoms with Gasteiger partial charge in [-0.3, -0.25) is 9.78 Å². The number of aromatic nitrogens is 4. The van der Waals surface area contributed by atoms with E-state index in [-0.39, 0.29) is 40.3 Å². The molecular formula is C29H26ClFN6O2. The lowest BCUT2D eigenvalue weighted by Gasteiger charge is -2.41. The molecule has 10 heteroatoms. The molecule has 0 N–H and O–H groups in total. The van der Waals surface area contributed by atoms with Crippen LogP contribution < -0.4 is 10.6 Å². The summed E-state index contributed by atoms with van der Waals surface area (Å²) in [5, 5.41) is 0.750. The molecule has 4 aromatic rings. The first-order valence-electron chi connectivity index (χ1n) is 12.8. The van der Waals surface area contributed by atoms with Gasteiger partial charge in [0, 0.05) is 24.7 Å². The molecule has 0 radical (unpaired) electrons. The average molecular weight is 545 g/mol. The molecule has 198 valence electrons. The monoisotopic (exact) mass is 544 g/mol. The Labute approximate surface area is 229 Å². The molecule has 3 fully saturated rings. The van der Waals surface area contributed by atoms with E-state index in [1.165, 1.54) is 16.7 Å². The van der Waals surface area contributed by atoms with Gasteiger partial charge >= 0.3 is 5.69 Å². The van der Waals surface area contributed by atoms with Crippen molar-refractivity contribution in [1.82, 2.24) is 24.4 Å². The van der Waals surface area contributed by atoms with Crippen LogP contribution in [0.4, 0.5) is 10.2 Å². The van der Waals surface area contributed by atoms with E-state index in [0.717, 1.165) is 12.0 Å². The zero-order valence-corrected chi connectivity index (χ0v) is 22.5. The number of benzene rings is 1. The highest BCUT2D eigenvalue weighted by Crippen LogP contribution is 2.44. The zero-order valence-electron chi connectivity index (χ0n) is 21.7. The van der Waals surface area contributed by atoms with Gasteiger partial charge in [-0.05, 0) is 48.7 Å². The summed E-state index contributed by atoms with van der Waals surface area (Å²) < 4.78 is 16.3. The van der Waals surface area contributed by atoms with Crippen LogP contribution in [0.3, 0.4) is 0 Å². The lowest BCUT2D eigenvalue weighted by Crippen LogP contribution is -2.53. The van der Waals surface area contributed by atoms with Crippen molar-refractivity contribution >= 4 is 34.4 Å². The van der Waals surface area contributed by atoms with Crippen LogP contribution in [0.1, 0.15) is 37.4 Å². The van der Waals surface area contributed by atoms with E-state index in [1.54, 1.807) is 35.4 Å². The first-order valence-corrected chi connectivity index (χ1v) is 13.1. The van der Waals surface area contributed by atoms with E-state index in [2.05, 4.69) is 16.5 Å². The summed E-state index contributed by atoms with van der Waals surface area (Å²) in [6, 6.07) is 9.75. The molecule has 3 aliphatic rings. The first kappa shape index (κ1) is 25.2. The summed E-state index contributed by atoms with van der Waals surface area (Å²) in [4.78, 5) is 43.9. The standard InChI is InChI=1S/C29H26ClFN6O2/c1-5-23(38)35-14-17-12-22(35)36(17)28-19-13-20(30)25(18-8-6-7-9-21(18)31)33-27(19)37(29(39)34-28)26-16(4)10-11-32-24(26)15(2)3/h5-11,13,15,17,22H,1,12,14H2,2-4H3. The molecule has 0 aliphatic carbocycles. The van der Waals surface area contributed by atoms with Crippen molar-refractivity contribution in [3.05, 3.63) is 87.8 Å². The lowest BCUT2D eigenvalue weighted by molar-refractivity contribution is -0.126. The number of halogens is 2. The van der Waals surface area contributed by atoms with Gasteiger partial charge in [-0.25, -0.2) is 18.7 Å². The summed E-state index contributed by atoms with van der Waals surface area (Å²) in [6.45, 7) is 10.0. The maximum Gasteiger partial charge on any atom is 0.355 e. The van der Waals surface area contributed by atoms with Crippen molar-refractivity contribution in [2.24, 2.45) is 0 Å². The number of nitrogens with zero attached hydrogens (tertiary/aromatic N) is 6. The summed E-state index contributed by atoms with van der Waals surface area (Å²) >= 11 is 6.74. The second-order valence-corrected chi connectivity index (χ2v) is 10.6. The highest BCUT2D eigenvalue weighted by atomic mass is 35.5. The number of aryl methyl sites for hydroxylation is 1. The van der Waals surface area contributed by atoms with Crippen molar-refractivity contribution in [1.29, 1.82) is 0 Å². The Morgan fingerprint density at radius 2 is 2.00 bits per heavy atom. The minimum absolute atomic E-state index is 0.00113. The normalized spacial score (nSPS) is 18.1. The molecule has 3 saturated heterocycles. The van der Waals surface area contributed by atoms with Gasteiger partial charge in [0.1, 0.15) is 17.8 Å². The molecule has 3 aliphatic heterocycles. The van der Waals surface area contributed by atoms with Gasteiger partial charge in [0.2, 0.25) is 5.91 Å². The van der Waals surface area contributed by atoms with Crippen molar-refractivity contribution < 1.29 is 9.18 Å². The summed E-state index contributed by atoms with van der Waals surface area (Å²) in [6.07, 6.45) is 3.52. The van der Waals surface area contributed by atoms with Crippen molar-refractivity contribution in [3.63, 3.8) is 0 Å². The maximum atomic E-state index is 14.9. The molecule has 0 saturated carbocycles. The molecular weight excluding hydrogens is 519 g/mol. The van der Waals surface area contributed by atoms with Gasteiger partial charge in [0.05, 0.1) is 33.5 Å². The van der Waals surface area contributed by atoms with Crippen LogP contribution in [0.5, 0.6) is 0 Å². The Morgan fingerprint density at radius 1 is 1.23 bits per heavy atom. The van der Waals surface area contributed by atoms with Crippen molar-refractivity contribution in [3.8, 4) is 16.9 Å². The first-order chi connectivity index (χ1) is 18.7. The fraction of sp³-hybridized carbons (Fsp3) is 0.276. The predicted molar refractivity (Wildman–Crippen MR) is 149 cm³/mol. The van der Waals surface area contributed by atoms with Crippen LogP contribution in [0.15, 0.2) is 60.0 Å². The predicted octanol–water partition coefficient (Wildman–Crippen LogP) is 5.00. The third-order valence-electron chi connectivity index (χ3n) is 7.52. The molecule has 1 amide bonds. The Kier molecular flexibility index (Phi) is 5.99. The number of pyridine rings is 2. The van der Waals surface area contributed by atoms with E-state index >= 15 is 0 Å². The molecule has 2 bridgehead atoms. The third-order valence-corrected chi connectivity index (χ3v) is 7.81. The van der Waals surface area contributed by atoms with Gasteiger partial charge < -0.3 is 9.80 Å². The van der Waals surface area contributed by atoms with Crippen LogP contribution in [-0.4, -0.2) is 49.1 Å². The maximum absolute atomic E-state index is 14.9. The summed E-state index contributed by atoms with van der Waals surface area (Å²) in [5.74, 6) is -0.249. The number of hydrogen-bond donors (Lipinski definition) is 0. The highest BCUT2D eigenvalue weighted by molar-refractivity contribution is 6.33. The number of carbonyl (C=O) groups is 1. The van der Waals surface area contributed by atoms with Crippen LogP contribution in [0.2, 0.25) is 5.02 Å².